The molecule has 7 heteroatoms. The maximum absolute atomic E-state index is 11.7. The molecule has 1 aliphatic rings. The Morgan fingerprint density at radius 1 is 1.45 bits per heavy atom. The van der Waals surface area contributed by atoms with E-state index in [-0.39, 0.29) is 12.6 Å². The molecule has 2 rings (SSSR count). The van der Waals surface area contributed by atoms with Gasteiger partial charge in [0.2, 0.25) is 0 Å². The van der Waals surface area contributed by atoms with Gasteiger partial charge < -0.3 is 14.8 Å². The molecule has 0 spiro atoms. The van der Waals surface area contributed by atoms with E-state index >= 15 is 0 Å². The number of ether oxygens (including phenoxy) is 2. The summed E-state index contributed by atoms with van der Waals surface area (Å²) in [6.07, 6.45) is 3.48. The van der Waals surface area contributed by atoms with Gasteiger partial charge in [0.1, 0.15) is 0 Å². The highest BCUT2D eigenvalue weighted by atomic mass is 16.5. The van der Waals surface area contributed by atoms with E-state index < -0.39 is 11.9 Å². The van der Waals surface area contributed by atoms with E-state index in [0.29, 0.717) is 19.8 Å². The fourth-order valence-electron chi connectivity index (χ4n) is 2.38. The second kappa shape index (κ2) is 8.45. The van der Waals surface area contributed by atoms with Gasteiger partial charge in [-0.1, -0.05) is 6.07 Å². The van der Waals surface area contributed by atoms with Crippen molar-refractivity contribution in [2.45, 2.75) is 13.0 Å². The van der Waals surface area contributed by atoms with Crippen molar-refractivity contribution in [2.24, 2.45) is 0 Å². The Hall–Kier alpha value is -1.99. The molecule has 1 amide bonds. The number of nitrogens with one attached hydrogen (secondary N) is 1. The molecule has 1 aromatic rings. The number of amides is 1. The number of hydrogen-bond donors (Lipinski definition) is 1. The number of aromatic nitrogens is 1. The van der Waals surface area contributed by atoms with Crippen LogP contribution >= 0.6 is 0 Å². The first-order valence-corrected chi connectivity index (χ1v) is 7.39. The first-order chi connectivity index (χ1) is 10.7. The number of morpholine rings is 1. The van der Waals surface area contributed by atoms with Crippen molar-refractivity contribution in [3.63, 3.8) is 0 Å². The van der Waals surface area contributed by atoms with Crippen molar-refractivity contribution in [1.29, 1.82) is 0 Å². The number of hydrogen-bond acceptors (Lipinski definition) is 6. The van der Waals surface area contributed by atoms with Crippen LogP contribution in [0.4, 0.5) is 0 Å². The quantitative estimate of drug-likeness (QED) is 0.615. The summed E-state index contributed by atoms with van der Waals surface area (Å²) in [5, 5.41) is 2.64. The standard InChI is InChI=1S/C15H21N3O4/c1-2-22-15(20)14(19)17-11-13(12-4-3-5-16-10-12)18-6-8-21-9-7-18/h3-5,10,13H,2,6-9,11H2,1H3,(H,17,19)/t13-/m1/s1. The normalized spacial score (nSPS) is 16.8. The molecule has 2 heterocycles. The molecule has 7 nitrogen and oxygen atoms in total. The minimum atomic E-state index is -0.852. The number of carbonyl (C=O) groups excluding carboxylic acids is 2. The van der Waals surface area contributed by atoms with Gasteiger partial charge in [-0.3, -0.25) is 14.7 Å². The van der Waals surface area contributed by atoms with Crippen molar-refractivity contribution >= 4 is 11.9 Å². The number of carbonyl (C=O) groups is 2. The monoisotopic (exact) mass is 307 g/mol. The van der Waals surface area contributed by atoms with Crippen LogP contribution in [0.25, 0.3) is 0 Å². The molecule has 1 saturated heterocycles. The molecule has 0 bridgehead atoms. The van der Waals surface area contributed by atoms with Gasteiger partial charge in [0.15, 0.2) is 0 Å². The summed E-state index contributed by atoms with van der Waals surface area (Å²) in [7, 11) is 0. The number of esters is 1. The lowest BCUT2D eigenvalue weighted by Gasteiger charge is -2.34. The zero-order chi connectivity index (χ0) is 15.8. The van der Waals surface area contributed by atoms with Crippen molar-refractivity contribution < 1.29 is 19.1 Å². The molecular formula is C15H21N3O4. The van der Waals surface area contributed by atoms with Crippen LogP contribution in [0, 0.1) is 0 Å². The topological polar surface area (TPSA) is 80.8 Å². The molecule has 1 aromatic heterocycles. The third-order valence-corrected chi connectivity index (χ3v) is 3.47. The lowest BCUT2D eigenvalue weighted by atomic mass is 10.1. The van der Waals surface area contributed by atoms with Gasteiger partial charge in [0, 0.05) is 32.0 Å². The smallest absolute Gasteiger partial charge is 0.396 e. The highest BCUT2D eigenvalue weighted by molar-refractivity contribution is 6.32. The number of nitrogens with zero attached hydrogens (tertiary/aromatic N) is 2. The van der Waals surface area contributed by atoms with Gasteiger partial charge in [-0.2, -0.15) is 0 Å². The third-order valence-electron chi connectivity index (χ3n) is 3.47. The molecule has 0 saturated carbocycles. The van der Waals surface area contributed by atoms with Gasteiger partial charge >= 0.3 is 11.9 Å². The van der Waals surface area contributed by atoms with Gasteiger partial charge in [-0.15, -0.1) is 0 Å². The summed E-state index contributed by atoms with van der Waals surface area (Å²) < 4.78 is 10.1. The summed E-state index contributed by atoms with van der Waals surface area (Å²) >= 11 is 0. The lowest BCUT2D eigenvalue weighted by Crippen LogP contribution is -2.45. The largest absolute Gasteiger partial charge is 0.459 e. The number of pyridine rings is 1. The maximum atomic E-state index is 11.7. The van der Waals surface area contributed by atoms with Crippen molar-refractivity contribution in [1.82, 2.24) is 15.2 Å². The Kier molecular flexibility index (Phi) is 6.29. The Bertz CT molecular complexity index is 489. The average molecular weight is 307 g/mol. The van der Waals surface area contributed by atoms with E-state index in [1.54, 1.807) is 19.3 Å². The minimum Gasteiger partial charge on any atom is -0.459 e. The molecule has 1 fully saturated rings. The summed E-state index contributed by atoms with van der Waals surface area (Å²) in [4.78, 5) is 29.4. The van der Waals surface area contributed by atoms with Gasteiger partial charge in [-0.05, 0) is 18.6 Å². The molecule has 0 aliphatic carbocycles. The zero-order valence-corrected chi connectivity index (χ0v) is 12.7. The third kappa shape index (κ3) is 4.51. The maximum Gasteiger partial charge on any atom is 0.396 e. The predicted octanol–water partition coefficient (Wildman–Crippen LogP) is 0.134. The van der Waals surface area contributed by atoms with Crippen LogP contribution < -0.4 is 5.32 Å². The Labute approximate surface area is 129 Å². The molecule has 1 aliphatic heterocycles. The molecule has 22 heavy (non-hydrogen) atoms. The van der Waals surface area contributed by atoms with Crippen LogP contribution in [-0.2, 0) is 19.1 Å². The van der Waals surface area contributed by atoms with E-state index in [1.165, 1.54) is 0 Å². The second-order valence-corrected chi connectivity index (χ2v) is 4.88. The SMILES string of the molecule is CCOC(=O)C(=O)NC[C@H](c1cccnc1)N1CCOCC1. The van der Waals surface area contributed by atoms with E-state index in [9.17, 15) is 9.59 Å². The predicted molar refractivity (Wildman–Crippen MR) is 79.0 cm³/mol. The first-order valence-electron chi connectivity index (χ1n) is 7.39. The Morgan fingerprint density at radius 3 is 2.86 bits per heavy atom. The van der Waals surface area contributed by atoms with E-state index in [0.717, 1.165) is 18.7 Å². The summed E-state index contributed by atoms with van der Waals surface area (Å²) in [5.74, 6) is -1.57. The Morgan fingerprint density at radius 2 is 2.23 bits per heavy atom. The van der Waals surface area contributed by atoms with Crippen LogP contribution in [0.2, 0.25) is 0 Å². The van der Waals surface area contributed by atoms with E-state index in [2.05, 4.69) is 15.2 Å². The lowest BCUT2D eigenvalue weighted by molar-refractivity contribution is -0.154. The van der Waals surface area contributed by atoms with E-state index in [4.69, 9.17) is 9.47 Å². The fraction of sp³-hybridized carbons (Fsp3) is 0.533. The molecular weight excluding hydrogens is 286 g/mol. The zero-order valence-electron chi connectivity index (χ0n) is 12.7. The molecule has 0 radical (unpaired) electrons. The van der Waals surface area contributed by atoms with Crippen LogP contribution in [0.15, 0.2) is 24.5 Å². The van der Waals surface area contributed by atoms with Crippen LogP contribution in [-0.4, -0.2) is 61.2 Å². The van der Waals surface area contributed by atoms with Crippen molar-refractivity contribution in [3.8, 4) is 0 Å². The van der Waals surface area contributed by atoms with Gasteiger partial charge in [0.25, 0.3) is 0 Å². The van der Waals surface area contributed by atoms with Gasteiger partial charge in [-0.25, -0.2) is 4.79 Å². The fourth-order valence-corrected chi connectivity index (χ4v) is 2.38. The second-order valence-electron chi connectivity index (χ2n) is 4.88. The highest BCUT2D eigenvalue weighted by Crippen LogP contribution is 2.20. The summed E-state index contributed by atoms with van der Waals surface area (Å²) in [6, 6.07) is 3.77. The molecule has 0 aromatic carbocycles. The van der Waals surface area contributed by atoms with E-state index in [1.807, 2.05) is 12.1 Å². The van der Waals surface area contributed by atoms with Crippen LogP contribution in [0.1, 0.15) is 18.5 Å². The minimum absolute atomic E-state index is 0.0454. The van der Waals surface area contributed by atoms with Crippen LogP contribution in [0.3, 0.4) is 0 Å². The Balaban J connectivity index is 2.01. The van der Waals surface area contributed by atoms with Crippen molar-refractivity contribution in [3.05, 3.63) is 30.1 Å². The van der Waals surface area contributed by atoms with Gasteiger partial charge in [0.05, 0.1) is 25.9 Å². The van der Waals surface area contributed by atoms with Crippen molar-refractivity contribution in [2.75, 3.05) is 39.5 Å². The number of rotatable bonds is 5. The molecule has 0 unspecified atom stereocenters. The first kappa shape index (κ1) is 16.4. The van der Waals surface area contributed by atoms with Crippen LogP contribution in [0.5, 0.6) is 0 Å². The summed E-state index contributed by atoms with van der Waals surface area (Å²) in [5.41, 5.74) is 0.994. The molecule has 1 atom stereocenters. The summed E-state index contributed by atoms with van der Waals surface area (Å²) in [6.45, 7) is 5.03. The highest BCUT2D eigenvalue weighted by Gasteiger charge is 2.24. The average Bonchev–Trinajstić information content (AvgIpc) is 2.57. The molecule has 1 N–H and O–H groups in total. The molecule has 120 valence electrons.